The molecule has 0 aliphatic carbocycles. The van der Waals surface area contributed by atoms with E-state index in [-0.39, 0.29) is 36.8 Å². The minimum atomic E-state index is -0.978. The number of ether oxygens (including phenoxy) is 2. The van der Waals surface area contributed by atoms with Crippen molar-refractivity contribution in [2.24, 2.45) is 7.05 Å². The first-order valence-electron chi connectivity index (χ1n) is 9.36. The number of benzene rings is 1. The number of fused-ring (bicyclic) bond motifs is 1. The number of aryl methyl sites for hydroxylation is 1. The maximum atomic E-state index is 12.4. The van der Waals surface area contributed by atoms with Crippen LogP contribution in [0, 0.1) is 0 Å². The fourth-order valence-electron chi connectivity index (χ4n) is 2.91. The lowest BCUT2D eigenvalue weighted by Crippen LogP contribution is -2.31. The van der Waals surface area contributed by atoms with E-state index in [1.165, 1.54) is 16.2 Å². The van der Waals surface area contributed by atoms with Crippen LogP contribution in [0.4, 0.5) is 5.95 Å². The highest BCUT2D eigenvalue weighted by Crippen LogP contribution is 2.19. The van der Waals surface area contributed by atoms with Crippen molar-refractivity contribution in [1.82, 2.24) is 19.1 Å². The Morgan fingerprint density at radius 1 is 1.20 bits per heavy atom. The molecular formula is C19H25N5O6. The summed E-state index contributed by atoms with van der Waals surface area (Å²) in [7, 11) is 3.05. The van der Waals surface area contributed by atoms with Gasteiger partial charge in [0.25, 0.3) is 5.56 Å². The van der Waals surface area contributed by atoms with E-state index in [4.69, 9.17) is 9.47 Å². The van der Waals surface area contributed by atoms with Gasteiger partial charge in [0.05, 0.1) is 19.8 Å². The number of aliphatic hydroxyl groups excluding tert-OH is 2. The Kier molecular flexibility index (Phi) is 6.43. The summed E-state index contributed by atoms with van der Waals surface area (Å²) in [6.07, 6.45) is -1.64. The summed E-state index contributed by atoms with van der Waals surface area (Å²) in [5.74, 6) is 1.49. The number of nitrogens with one attached hydrogen (secondary N) is 2. The van der Waals surface area contributed by atoms with Gasteiger partial charge in [-0.25, -0.2) is 4.79 Å². The maximum absolute atomic E-state index is 12.4. The van der Waals surface area contributed by atoms with Crippen molar-refractivity contribution in [3.8, 4) is 11.5 Å². The first-order valence-corrected chi connectivity index (χ1v) is 9.36. The van der Waals surface area contributed by atoms with Gasteiger partial charge < -0.3 is 29.6 Å². The molecule has 1 aromatic carbocycles. The molecule has 0 aliphatic rings. The van der Waals surface area contributed by atoms with E-state index in [0.29, 0.717) is 11.5 Å². The standard InChI is InChI=1S/C19H25N5O6/c1-11(25)8-20-18-21-16-15(17(27)22-19(28)23(16)2)24(18)9-12(26)10-30-14-6-4-13(29-3)5-7-14/h4-7,11-12,25-26H,8-10H2,1-3H3,(H,20,21)(H,22,27,28)/t11-,12-/m0/s1. The average Bonchev–Trinajstić information content (AvgIpc) is 3.08. The van der Waals surface area contributed by atoms with E-state index in [0.717, 1.165) is 0 Å². The van der Waals surface area contributed by atoms with Gasteiger partial charge in [-0.3, -0.25) is 14.3 Å². The highest BCUT2D eigenvalue weighted by atomic mass is 16.5. The number of H-pyrrole nitrogens is 1. The number of methoxy groups -OCH3 is 1. The SMILES string of the molecule is COc1ccc(OC[C@@H](O)Cn2c(NC[C@H](C)O)nc3c2c(=O)[nH]c(=O)n3C)cc1. The molecule has 2 heterocycles. The molecule has 0 radical (unpaired) electrons. The lowest BCUT2D eigenvalue weighted by molar-refractivity contribution is 0.0937. The number of anilines is 1. The minimum Gasteiger partial charge on any atom is -0.497 e. The molecule has 0 unspecified atom stereocenters. The Hall–Kier alpha value is -3.31. The molecule has 3 aromatic rings. The summed E-state index contributed by atoms with van der Waals surface area (Å²) in [5, 5.41) is 23.0. The number of nitrogens with zero attached hydrogens (tertiary/aromatic N) is 3. The molecule has 30 heavy (non-hydrogen) atoms. The van der Waals surface area contributed by atoms with Gasteiger partial charge in [0.1, 0.15) is 24.2 Å². The molecule has 0 aliphatic heterocycles. The third kappa shape index (κ3) is 4.63. The van der Waals surface area contributed by atoms with E-state index >= 15 is 0 Å². The summed E-state index contributed by atoms with van der Waals surface area (Å²) in [6.45, 7) is 1.72. The second-order valence-corrected chi connectivity index (χ2v) is 6.91. The normalized spacial score (nSPS) is 13.2. The van der Waals surface area contributed by atoms with E-state index in [2.05, 4.69) is 15.3 Å². The largest absolute Gasteiger partial charge is 0.497 e. The number of imidazole rings is 1. The predicted molar refractivity (Wildman–Crippen MR) is 110 cm³/mol. The molecule has 0 spiro atoms. The molecule has 4 N–H and O–H groups in total. The molecule has 11 nitrogen and oxygen atoms in total. The first-order chi connectivity index (χ1) is 14.3. The molecule has 0 fully saturated rings. The van der Waals surface area contributed by atoms with Crippen LogP contribution in [0.25, 0.3) is 11.2 Å². The molecule has 0 bridgehead atoms. The molecule has 0 saturated carbocycles. The van der Waals surface area contributed by atoms with Crippen molar-refractivity contribution in [3.63, 3.8) is 0 Å². The zero-order valence-electron chi connectivity index (χ0n) is 17.0. The van der Waals surface area contributed by atoms with Gasteiger partial charge >= 0.3 is 5.69 Å². The quantitative estimate of drug-likeness (QED) is 0.369. The van der Waals surface area contributed by atoms with Crippen molar-refractivity contribution in [2.45, 2.75) is 25.7 Å². The summed E-state index contributed by atoms with van der Waals surface area (Å²) >= 11 is 0. The number of aliphatic hydroxyl groups is 2. The number of aromatic nitrogens is 4. The van der Waals surface area contributed by atoms with Gasteiger partial charge in [-0.2, -0.15) is 4.98 Å². The third-order valence-electron chi connectivity index (χ3n) is 4.46. The van der Waals surface area contributed by atoms with Crippen molar-refractivity contribution in [2.75, 3.05) is 25.6 Å². The lowest BCUT2D eigenvalue weighted by Gasteiger charge is -2.16. The fraction of sp³-hybridized carbons (Fsp3) is 0.421. The highest BCUT2D eigenvalue weighted by molar-refractivity contribution is 5.74. The van der Waals surface area contributed by atoms with Gasteiger partial charge in [0.15, 0.2) is 11.2 Å². The Labute approximate surface area is 171 Å². The number of aromatic amines is 1. The molecule has 0 saturated heterocycles. The van der Waals surface area contributed by atoms with Crippen LogP contribution in [0.3, 0.4) is 0 Å². The van der Waals surface area contributed by atoms with Gasteiger partial charge in [-0.05, 0) is 31.2 Å². The van der Waals surface area contributed by atoms with E-state index in [1.54, 1.807) is 38.3 Å². The molecular weight excluding hydrogens is 394 g/mol. The van der Waals surface area contributed by atoms with Gasteiger partial charge in [-0.15, -0.1) is 0 Å². The smallest absolute Gasteiger partial charge is 0.329 e. The van der Waals surface area contributed by atoms with Crippen LogP contribution >= 0.6 is 0 Å². The summed E-state index contributed by atoms with van der Waals surface area (Å²) in [5.41, 5.74) is -0.912. The molecule has 2 aromatic heterocycles. The van der Waals surface area contributed by atoms with Crippen LogP contribution in [-0.2, 0) is 13.6 Å². The van der Waals surface area contributed by atoms with Crippen molar-refractivity contribution in [1.29, 1.82) is 0 Å². The Morgan fingerprint density at radius 3 is 2.50 bits per heavy atom. The summed E-state index contributed by atoms with van der Waals surface area (Å²) in [4.78, 5) is 30.8. The zero-order chi connectivity index (χ0) is 21.8. The Balaban J connectivity index is 1.85. The van der Waals surface area contributed by atoms with E-state index < -0.39 is 23.5 Å². The number of hydrogen-bond acceptors (Lipinski definition) is 8. The van der Waals surface area contributed by atoms with Crippen molar-refractivity contribution < 1.29 is 19.7 Å². The molecule has 162 valence electrons. The molecule has 11 heteroatoms. The Bertz CT molecular complexity index is 1120. The number of hydrogen-bond donors (Lipinski definition) is 4. The zero-order valence-corrected chi connectivity index (χ0v) is 17.0. The van der Waals surface area contributed by atoms with Crippen LogP contribution in [0.5, 0.6) is 11.5 Å². The van der Waals surface area contributed by atoms with Gasteiger partial charge in [0, 0.05) is 13.6 Å². The van der Waals surface area contributed by atoms with E-state index in [1.807, 2.05) is 0 Å². The summed E-state index contributed by atoms with van der Waals surface area (Å²) < 4.78 is 13.4. The first kappa shape index (κ1) is 21.4. The van der Waals surface area contributed by atoms with Gasteiger partial charge in [-0.1, -0.05) is 0 Å². The third-order valence-corrected chi connectivity index (χ3v) is 4.46. The van der Waals surface area contributed by atoms with Crippen LogP contribution < -0.4 is 26.0 Å². The second kappa shape index (κ2) is 9.01. The predicted octanol–water partition coefficient (Wildman–Crippen LogP) is -0.335. The maximum Gasteiger partial charge on any atom is 0.329 e. The highest BCUT2D eigenvalue weighted by Gasteiger charge is 2.20. The topological polar surface area (TPSA) is 144 Å². The monoisotopic (exact) mass is 419 g/mol. The van der Waals surface area contributed by atoms with Crippen LogP contribution in [-0.4, -0.2) is 61.8 Å². The summed E-state index contributed by atoms with van der Waals surface area (Å²) in [6, 6.07) is 6.91. The molecule has 3 rings (SSSR count). The minimum absolute atomic E-state index is 0.0178. The van der Waals surface area contributed by atoms with Crippen molar-refractivity contribution in [3.05, 3.63) is 45.1 Å². The van der Waals surface area contributed by atoms with E-state index in [9.17, 15) is 19.8 Å². The van der Waals surface area contributed by atoms with Crippen LogP contribution in [0.2, 0.25) is 0 Å². The average molecular weight is 419 g/mol. The van der Waals surface area contributed by atoms with Gasteiger partial charge in [0.2, 0.25) is 5.95 Å². The fourth-order valence-corrected chi connectivity index (χ4v) is 2.91. The van der Waals surface area contributed by atoms with Crippen LogP contribution in [0.1, 0.15) is 6.92 Å². The Morgan fingerprint density at radius 2 is 1.87 bits per heavy atom. The number of rotatable bonds is 9. The molecule has 0 amide bonds. The van der Waals surface area contributed by atoms with Crippen molar-refractivity contribution >= 4 is 17.1 Å². The van der Waals surface area contributed by atoms with Crippen LogP contribution in [0.15, 0.2) is 33.9 Å². The second-order valence-electron chi connectivity index (χ2n) is 6.91. The lowest BCUT2D eigenvalue weighted by atomic mass is 10.3. The molecule has 2 atom stereocenters.